The molecule has 7 heteroatoms. The lowest BCUT2D eigenvalue weighted by molar-refractivity contribution is 0.869. The fourth-order valence-corrected chi connectivity index (χ4v) is 3.39. The number of H-pyrrole nitrogens is 2. The van der Waals surface area contributed by atoms with E-state index in [9.17, 15) is 0 Å². The molecule has 1 fully saturated rings. The number of fused-ring (bicyclic) bond motifs is 1. The Kier molecular flexibility index (Phi) is 3.78. The van der Waals surface area contributed by atoms with E-state index in [0.717, 1.165) is 11.3 Å². The summed E-state index contributed by atoms with van der Waals surface area (Å²) in [5, 5.41) is 15.3. The Hall–Kier alpha value is -3.35. The van der Waals surface area contributed by atoms with Crippen LogP contribution in [0.25, 0.3) is 10.9 Å². The second-order valence-corrected chi connectivity index (χ2v) is 7.03. The fraction of sp³-hybridized carbons (Fsp3) is 0.250. The van der Waals surface area contributed by atoms with Crippen molar-refractivity contribution < 1.29 is 0 Å². The van der Waals surface area contributed by atoms with Crippen LogP contribution in [0.5, 0.6) is 0 Å². The van der Waals surface area contributed by atoms with Crippen LogP contribution < -0.4 is 10.6 Å². The molecule has 0 radical (unpaired) electrons. The molecule has 7 nitrogen and oxygen atoms in total. The topological polar surface area (TPSA) is 94.3 Å². The maximum Gasteiger partial charge on any atom is 0.225 e. The predicted octanol–water partition coefficient (Wildman–Crippen LogP) is 4.48. The molecule has 3 aromatic heterocycles. The maximum absolute atomic E-state index is 4.58. The summed E-state index contributed by atoms with van der Waals surface area (Å²) in [4.78, 5) is 12.2. The Morgan fingerprint density at radius 2 is 2.07 bits per heavy atom. The van der Waals surface area contributed by atoms with Crippen molar-refractivity contribution in [2.24, 2.45) is 0 Å². The molecule has 5 rings (SSSR count). The second-order valence-electron chi connectivity index (χ2n) is 7.03. The van der Waals surface area contributed by atoms with Crippen LogP contribution in [0, 0.1) is 0 Å². The quantitative estimate of drug-likeness (QED) is 0.407. The van der Waals surface area contributed by atoms with Crippen molar-refractivity contribution in [3.8, 4) is 0 Å². The lowest BCUT2D eigenvalue weighted by Crippen LogP contribution is -2.10. The zero-order chi connectivity index (χ0) is 18.2. The first kappa shape index (κ1) is 15.9. The number of benzene rings is 1. The van der Waals surface area contributed by atoms with Gasteiger partial charge in [-0.3, -0.25) is 5.10 Å². The van der Waals surface area contributed by atoms with Crippen molar-refractivity contribution in [3.05, 3.63) is 60.0 Å². The molecular formula is C20H21N7. The zero-order valence-electron chi connectivity index (χ0n) is 15.0. The molecule has 0 bridgehead atoms. The molecule has 3 heterocycles. The lowest BCUT2D eigenvalue weighted by atomic mass is 10.0. The first-order valence-corrected chi connectivity index (χ1v) is 9.24. The molecule has 0 unspecified atom stereocenters. The monoisotopic (exact) mass is 359 g/mol. The summed E-state index contributed by atoms with van der Waals surface area (Å²) in [5.74, 6) is 2.73. The maximum atomic E-state index is 4.58. The SMILES string of the molecule is C[C@@H](Nc1nccc(Nc2cc(C3CC3)[nH]n2)n1)c1cccc2[nH]ccc12. The Morgan fingerprint density at radius 3 is 2.96 bits per heavy atom. The molecule has 4 aromatic rings. The van der Waals surface area contributed by atoms with Crippen LogP contribution in [0.2, 0.25) is 0 Å². The molecular weight excluding hydrogens is 338 g/mol. The average molecular weight is 359 g/mol. The van der Waals surface area contributed by atoms with E-state index in [1.807, 2.05) is 12.3 Å². The number of anilines is 3. The summed E-state index contributed by atoms with van der Waals surface area (Å²) in [6, 6.07) is 12.3. The van der Waals surface area contributed by atoms with Gasteiger partial charge in [0.05, 0.1) is 6.04 Å². The molecule has 1 aliphatic rings. The Bertz CT molecular complexity index is 1080. The normalized spacial score (nSPS) is 15.0. The van der Waals surface area contributed by atoms with Gasteiger partial charge in [-0.15, -0.1) is 0 Å². The van der Waals surface area contributed by atoms with Gasteiger partial charge in [-0.05, 0) is 43.5 Å². The van der Waals surface area contributed by atoms with Gasteiger partial charge >= 0.3 is 0 Å². The number of hydrogen-bond donors (Lipinski definition) is 4. The minimum Gasteiger partial charge on any atom is -0.361 e. The van der Waals surface area contributed by atoms with Gasteiger partial charge < -0.3 is 15.6 Å². The van der Waals surface area contributed by atoms with Crippen molar-refractivity contribution in [1.82, 2.24) is 25.1 Å². The van der Waals surface area contributed by atoms with E-state index >= 15 is 0 Å². The lowest BCUT2D eigenvalue weighted by Gasteiger charge is -2.15. The van der Waals surface area contributed by atoms with E-state index in [2.05, 4.69) is 73.0 Å². The van der Waals surface area contributed by atoms with Gasteiger partial charge in [0, 0.05) is 41.0 Å². The molecule has 1 aromatic carbocycles. The van der Waals surface area contributed by atoms with Crippen molar-refractivity contribution in [2.45, 2.75) is 31.7 Å². The van der Waals surface area contributed by atoms with Gasteiger partial charge in [-0.1, -0.05) is 12.1 Å². The molecule has 1 aliphatic carbocycles. The first-order chi connectivity index (χ1) is 13.3. The van der Waals surface area contributed by atoms with Crippen LogP contribution in [0.1, 0.15) is 43.0 Å². The van der Waals surface area contributed by atoms with Gasteiger partial charge in [0.2, 0.25) is 5.95 Å². The Labute approximate surface area is 156 Å². The molecule has 136 valence electrons. The van der Waals surface area contributed by atoms with E-state index in [4.69, 9.17) is 0 Å². The van der Waals surface area contributed by atoms with E-state index < -0.39 is 0 Å². The van der Waals surface area contributed by atoms with Crippen LogP contribution in [-0.2, 0) is 0 Å². The van der Waals surface area contributed by atoms with Crippen molar-refractivity contribution in [2.75, 3.05) is 10.6 Å². The number of aromatic nitrogens is 5. The molecule has 0 aliphatic heterocycles. The highest BCUT2D eigenvalue weighted by atomic mass is 15.2. The summed E-state index contributed by atoms with van der Waals surface area (Å²) in [6.45, 7) is 2.11. The standard InChI is InChI=1S/C20H21N7/c1-12(14-3-2-4-16-15(14)7-9-21-16)23-20-22-10-8-18(25-20)24-19-11-17(26-27-19)13-5-6-13/h2-4,7-13,21H,5-6H2,1H3,(H3,22,23,24,25,26,27)/t12-/m1/s1. The zero-order valence-corrected chi connectivity index (χ0v) is 15.0. The Morgan fingerprint density at radius 1 is 1.15 bits per heavy atom. The molecule has 1 atom stereocenters. The highest BCUT2D eigenvalue weighted by molar-refractivity contribution is 5.83. The van der Waals surface area contributed by atoms with Crippen LogP contribution >= 0.6 is 0 Å². The minimum absolute atomic E-state index is 0.0756. The summed E-state index contributed by atoms with van der Waals surface area (Å²) in [7, 11) is 0. The van der Waals surface area contributed by atoms with Crippen molar-refractivity contribution in [1.29, 1.82) is 0 Å². The van der Waals surface area contributed by atoms with E-state index in [1.165, 1.54) is 29.5 Å². The van der Waals surface area contributed by atoms with E-state index in [-0.39, 0.29) is 6.04 Å². The largest absolute Gasteiger partial charge is 0.361 e. The highest BCUT2D eigenvalue weighted by Crippen LogP contribution is 2.39. The van der Waals surface area contributed by atoms with E-state index in [1.54, 1.807) is 6.20 Å². The van der Waals surface area contributed by atoms with Crippen molar-refractivity contribution >= 4 is 28.5 Å². The van der Waals surface area contributed by atoms with E-state index in [0.29, 0.717) is 17.7 Å². The van der Waals surface area contributed by atoms with Gasteiger partial charge in [0.15, 0.2) is 5.82 Å². The molecule has 4 N–H and O–H groups in total. The summed E-state index contributed by atoms with van der Waals surface area (Å²) < 4.78 is 0. The van der Waals surface area contributed by atoms with Gasteiger partial charge in [-0.25, -0.2) is 4.98 Å². The second kappa shape index (κ2) is 6.42. The summed E-state index contributed by atoms with van der Waals surface area (Å²) in [5.41, 5.74) is 3.53. The summed E-state index contributed by atoms with van der Waals surface area (Å²) >= 11 is 0. The fourth-order valence-electron chi connectivity index (χ4n) is 3.39. The van der Waals surface area contributed by atoms with Crippen LogP contribution in [0.4, 0.5) is 17.6 Å². The molecule has 0 spiro atoms. The van der Waals surface area contributed by atoms with Crippen molar-refractivity contribution in [3.63, 3.8) is 0 Å². The van der Waals surface area contributed by atoms with Gasteiger partial charge in [0.25, 0.3) is 0 Å². The number of hydrogen-bond acceptors (Lipinski definition) is 5. The predicted molar refractivity (Wildman–Crippen MR) is 106 cm³/mol. The molecule has 0 saturated heterocycles. The summed E-state index contributed by atoms with van der Waals surface area (Å²) in [6.07, 6.45) is 6.20. The van der Waals surface area contributed by atoms with Crippen LogP contribution in [0.15, 0.2) is 48.8 Å². The minimum atomic E-state index is 0.0756. The third-order valence-electron chi connectivity index (χ3n) is 4.97. The number of rotatable bonds is 6. The Balaban J connectivity index is 1.33. The van der Waals surface area contributed by atoms with Crippen LogP contribution in [0.3, 0.4) is 0 Å². The smallest absolute Gasteiger partial charge is 0.225 e. The third kappa shape index (κ3) is 3.23. The van der Waals surface area contributed by atoms with Gasteiger partial charge in [0.1, 0.15) is 5.82 Å². The number of aromatic amines is 2. The first-order valence-electron chi connectivity index (χ1n) is 9.24. The molecule has 0 amide bonds. The number of nitrogens with one attached hydrogen (secondary N) is 4. The average Bonchev–Trinajstić information content (AvgIpc) is 3.22. The third-order valence-corrected chi connectivity index (χ3v) is 4.97. The molecule has 27 heavy (non-hydrogen) atoms. The number of nitrogens with zero attached hydrogens (tertiary/aromatic N) is 3. The molecule has 1 saturated carbocycles. The van der Waals surface area contributed by atoms with Gasteiger partial charge in [-0.2, -0.15) is 10.1 Å². The highest BCUT2D eigenvalue weighted by Gasteiger charge is 2.25. The van der Waals surface area contributed by atoms with Crippen LogP contribution in [-0.4, -0.2) is 25.1 Å².